The molecular weight excluding hydrogens is 376 g/mol. The third kappa shape index (κ3) is 4.90. The molecule has 0 unspecified atom stereocenters. The number of hydrogen-bond acceptors (Lipinski definition) is 5. The topological polar surface area (TPSA) is 53.8 Å². The zero-order valence-corrected chi connectivity index (χ0v) is 17.5. The number of likely N-dealkylation sites (N-methyl/N-ethyl adjacent to an activating group) is 1. The van der Waals surface area contributed by atoms with E-state index in [0.717, 1.165) is 34.5 Å². The second-order valence-electron chi connectivity index (χ2n) is 7.83. The highest BCUT2D eigenvalue weighted by molar-refractivity contribution is 5.83. The molecule has 0 bridgehead atoms. The first kappa shape index (κ1) is 20.2. The number of rotatable bonds is 8. The van der Waals surface area contributed by atoms with Gasteiger partial charge in [0.2, 0.25) is 0 Å². The summed E-state index contributed by atoms with van der Waals surface area (Å²) in [6.07, 6.45) is 7.55. The van der Waals surface area contributed by atoms with Crippen LogP contribution in [0.2, 0.25) is 0 Å². The van der Waals surface area contributed by atoms with Crippen molar-refractivity contribution in [2.24, 2.45) is 0 Å². The number of aliphatic hydroxyl groups excluding tert-OH is 1. The largest absolute Gasteiger partial charge is 0.489 e. The lowest BCUT2D eigenvalue weighted by molar-refractivity contribution is 0.117. The summed E-state index contributed by atoms with van der Waals surface area (Å²) < 4.78 is 7.77. The van der Waals surface area contributed by atoms with Crippen LogP contribution in [0.5, 0.6) is 0 Å². The highest BCUT2D eigenvalue weighted by atomic mass is 16.5. The number of allylic oxidation sites excluding steroid dienone is 1. The van der Waals surface area contributed by atoms with E-state index < -0.39 is 6.10 Å². The Morgan fingerprint density at radius 1 is 1.17 bits per heavy atom. The Morgan fingerprint density at radius 2 is 2.00 bits per heavy atom. The number of hydrogen-bond donors (Lipinski definition) is 1. The van der Waals surface area contributed by atoms with Crippen LogP contribution in [0.25, 0.3) is 10.9 Å². The van der Waals surface area contributed by atoms with Crippen LogP contribution >= 0.6 is 0 Å². The van der Waals surface area contributed by atoms with Gasteiger partial charge < -0.3 is 19.6 Å². The zero-order valence-electron chi connectivity index (χ0n) is 17.5. The summed E-state index contributed by atoms with van der Waals surface area (Å²) in [5, 5.41) is 15.7. The molecule has 1 N–H and O–H groups in total. The average molecular weight is 405 g/mol. The molecule has 0 spiro atoms. The molecule has 2 heterocycles. The van der Waals surface area contributed by atoms with Gasteiger partial charge in [0.05, 0.1) is 24.4 Å². The smallest absolute Gasteiger partial charge is 0.119 e. The lowest BCUT2D eigenvalue weighted by atomic mass is 10.2. The summed E-state index contributed by atoms with van der Waals surface area (Å²) in [5.74, 6) is 0.888. The molecule has 1 aliphatic rings. The van der Waals surface area contributed by atoms with E-state index in [2.05, 4.69) is 46.4 Å². The minimum atomic E-state index is -0.452. The van der Waals surface area contributed by atoms with Gasteiger partial charge >= 0.3 is 0 Å². The maximum Gasteiger partial charge on any atom is 0.119 e. The average Bonchev–Trinajstić information content (AvgIpc) is 3.14. The second kappa shape index (κ2) is 9.15. The number of fused-ring (bicyclic) bond motifs is 1. The third-order valence-electron chi connectivity index (χ3n) is 5.07. The summed E-state index contributed by atoms with van der Waals surface area (Å²) in [7, 11) is 3.91. The van der Waals surface area contributed by atoms with Crippen LogP contribution in [0.4, 0.5) is 5.69 Å². The Morgan fingerprint density at radius 3 is 2.73 bits per heavy atom. The quantitative estimate of drug-likeness (QED) is 0.624. The van der Waals surface area contributed by atoms with Crippen molar-refractivity contribution in [3.63, 3.8) is 0 Å². The van der Waals surface area contributed by atoms with Crippen molar-refractivity contribution in [2.75, 3.05) is 32.1 Å². The van der Waals surface area contributed by atoms with Crippen LogP contribution in [-0.2, 0) is 17.9 Å². The van der Waals surface area contributed by atoms with Gasteiger partial charge in [-0.1, -0.05) is 30.3 Å². The molecule has 0 saturated heterocycles. The predicted molar refractivity (Wildman–Crippen MR) is 120 cm³/mol. The van der Waals surface area contributed by atoms with Crippen molar-refractivity contribution in [1.29, 1.82) is 0 Å². The molecule has 0 aliphatic carbocycles. The molecule has 2 aromatic carbocycles. The fraction of sp³-hybridized carbons (Fsp3) is 0.292. The molecule has 3 aromatic rings. The van der Waals surface area contributed by atoms with Crippen LogP contribution in [0.15, 0.2) is 78.8 Å². The van der Waals surface area contributed by atoms with E-state index in [4.69, 9.17) is 4.74 Å². The predicted octanol–water partition coefficient (Wildman–Crippen LogP) is 3.39. The summed E-state index contributed by atoms with van der Waals surface area (Å²) >= 11 is 0. The Labute approximate surface area is 177 Å². The van der Waals surface area contributed by atoms with Gasteiger partial charge in [-0.2, -0.15) is 5.10 Å². The lowest BCUT2D eigenvalue weighted by Gasteiger charge is -2.23. The van der Waals surface area contributed by atoms with Gasteiger partial charge in [-0.05, 0) is 50.0 Å². The number of benzene rings is 2. The number of anilines is 1. The minimum Gasteiger partial charge on any atom is -0.489 e. The van der Waals surface area contributed by atoms with Crippen LogP contribution in [0.3, 0.4) is 0 Å². The normalized spacial score (nSPS) is 14.9. The van der Waals surface area contributed by atoms with E-state index in [1.807, 2.05) is 60.3 Å². The fourth-order valence-electron chi connectivity index (χ4n) is 3.60. The van der Waals surface area contributed by atoms with Crippen molar-refractivity contribution in [3.05, 3.63) is 84.4 Å². The fourth-order valence-corrected chi connectivity index (χ4v) is 3.60. The molecule has 6 heteroatoms. The maximum atomic E-state index is 10.2. The van der Waals surface area contributed by atoms with Crippen molar-refractivity contribution >= 4 is 16.6 Å². The van der Waals surface area contributed by atoms with Crippen molar-refractivity contribution in [3.8, 4) is 0 Å². The monoisotopic (exact) mass is 404 g/mol. The van der Waals surface area contributed by atoms with Gasteiger partial charge in [-0.25, -0.2) is 0 Å². The Hall–Kier alpha value is -3.09. The number of aromatic nitrogens is 2. The van der Waals surface area contributed by atoms with Crippen LogP contribution in [0, 0.1) is 0 Å². The molecule has 4 rings (SSSR count). The molecule has 156 valence electrons. The summed E-state index contributed by atoms with van der Waals surface area (Å²) in [6, 6.07) is 16.5. The van der Waals surface area contributed by atoms with Crippen molar-refractivity contribution in [2.45, 2.75) is 19.3 Å². The van der Waals surface area contributed by atoms with Gasteiger partial charge in [0.25, 0.3) is 0 Å². The first-order valence-corrected chi connectivity index (χ1v) is 10.2. The summed E-state index contributed by atoms with van der Waals surface area (Å²) in [5.41, 5.74) is 3.29. The first-order valence-electron chi connectivity index (χ1n) is 10.2. The van der Waals surface area contributed by atoms with Gasteiger partial charge in [-0.3, -0.25) is 4.68 Å². The van der Waals surface area contributed by atoms with Gasteiger partial charge in [0.15, 0.2) is 0 Å². The van der Waals surface area contributed by atoms with E-state index in [1.165, 1.54) is 0 Å². The second-order valence-corrected chi connectivity index (χ2v) is 7.83. The third-order valence-corrected chi connectivity index (χ3v) is 5.07. The standard InChI is InChI=1S/C24H28N4O2/c1-26(2)16-22(29)17-28-24-9-8-21(14-20(24)15-25-28)27-12-10-23(11-13-27)30-18-19-6-4-3-5-7-19/h3-12,14-15,22,29H,13,16-18H2,1-2H3/t22-/m0/s1. The summed E-state index contributed by atoms with van der Waals surface area (Å²) in [4.78, 5) is 4.15. The number of ether oxygens (including phenoxy) is 1. The van der Waals surface area contributed by atoms with E-state index in [-0.39, 0.29) is 0 Å². The molecule has 0 amide bonds. The van der Waals surface area contributed by atoms with Crippen molar-refractivity contribution in [1.82, 2.24) is 14.7 Å². The first-order chi connectivity index (χ1) is 14.6. The molecule has 0 radical (unpaired) electrons. The molecule has 1 aromatic heterocycles. The molecule has 30 heavy (non-hydrogen) atoms. The Bertz CT molecular complexity index is 1040. The minimum absolute atomic E-state index is 0.452. The molecule has 6 nitrogen and oxygen atoms in total. The zero-order chi connectivity index (χ0) is 20.9. The van der Waals surface area contributed by atoms with Gasteiger partial charge in [0.1, 0.15) is 12.4 Å². The van der Waals surface area contributed by atoms with Crippen LogP contribution < -0.4 is 4.90 Å². The Balaban J connectivity index is 1.38. The highest BCUT2D eigenvalue weighted by Gasteiger charge is 2.13. The van der Waals surface area contributed by atoms with Crippen LogP contribution in [0.1, 0.15) is 5.56 Å². The molecule has 0 saturated carbocycles. The SMILES string of the molecule is CN(C)C[C@H](O)Cn1ncc2cc(N3C=CC(OCc4ccccc4)=CC3)ccc21. The molecule has 1 atom stereocenters. The molecule has 0 fully saturated rings. The maximum absolute atomic E-state index is 10.2. The van der Waals surface area contributed by atoms with E-state index in [9.17, 15) is 5.11 Å². The van der Waals surface area contributed by atoms with E-state index in [1.54, 1.807) is 0 Å². The summed E-state index contributed by atoms with van der Waals surface area (Å²) in [6.45, 7) is 2.41. The van der Waals surface area contributed by atoms with E-state index >= 15 is 0 Å². The molecule has 1 aliphatic heterocycles. The lowest BCUT2D eigenvalue weighted by Crippen LogP contribution is -2.29. The van der Waals surface area contributed by atoms with E-state index in [0.29, 0.717) is 19.7 Å². The number of aliphatic hydroxyl groups is 1. The van der Waals surface area contributed by atoms with Gasteiger partial charge in [-0.15, -0.1) is 0 Å². The van der Waals surface area contributed by atoms with Crippen molar-refractivity contribution < 1.29 is 9.84 Å². The molecular formula is C24H28N4O2. The Kier molecular flexibility index (Phi) is 6.16. The van der Waals surface area contributed by atoms with Crippen LogP contribution in [-0.4, -0.2) is 53.1 Å². The number of nitrogens with zero attached hydrogens (tertiary/aromatic N) is 4. The van der Waals surface area contributed by atoms with Gasteiger partial charge in [0, 0.05) is 30.4 Å². The highest BCUT2D eigenvalue weighted by Crippen LogP contribution is 2.25.